The lowest BCUT2D eigenvalue weighted by molar-refractivity contribution is -0.125. The molecular formula is C18H23N5O2. The Bertz CT molecular complexity index is 710. The number of nitrogens with one attached hydrogen (secondary N) is 3. The Hall–Kier alpha value is -2.51. The third-order valence-corrected chi connectivity index (χ3v) is 4.29. The first kappa shape index (κ1) is 17.3. The minimum absolute atomic E-state index is 0.0155. The average Bonchev–Trinajstić information content (AvgIpc) is 3.12. The molecule has 0 bridgehead atoms. The lowest BCUT2D eigenvalue weighted by atomic mass is 9.93. The summed E-state index contributed by atoms with van der Waals surface area (Å²) in [5.74, 6) is 0.597. The second-order valence-corrected chi connectivity index (χ2v) is 6.20. The second kappa shape index (κ2) is 8.04. The molecular weight excluding hydrogens is 318 g/mol. The van der Waals surface area contributed by atoms with E-state index >= 15 is 0 Å². The molecule has 0 radical (unpaired) electrons. The lowest BCUT2D eigenvalue weighted by Gasteiger charge is -2.21. The van der Waals surface area contributed by atoms with E-state index in [1.54, 1.807) is 25.7 Å². The predicted molar refractivity (Wildman–Crippen MR) is 93.7 cm³/mol. The molecule has 3 N–H and O–H groups in total. The summed E-state index contributed by atoms with van der Waals surface area (Å²) < 4.78 is 5.28. The van der Waals surface area contributed by atoms with Gasteiger partial charge in [-0.05, 0) is 24.6 Å². The summed E-state index contributed by atoms with van der Waals surface area (Å²) in [6, 6.07) is 7.66. The Kier molecular flexibility index (Phi) is 5.57. The Morgan fingerprint density at radius 2 is 2.32 bits per heavy atom. The van der Waals surface area contributed by atoms with Crippen molar-refractivity contribution >= 4 is 5.91 Å². The summed E-state index contributed by atoms with van der Waals surface area (Å²) >= 11 is 0. The van der Waals surface area contributed by atoms with Crippen LogP contribution in [0, 0.1) is 5.92 Å². The van der Waals surface area contributed by atoms with E-state index in [0.29, 0.717) is 13.0 Å². The number of rotatable bonds is 6. The zero-order valence-corrected chi connectivity index (χ0v) is 14.4. The van der Waals surface area contributed by atoms with E-state index in [2.05, 4.69) is 26.1 Å². The van der Waals surface area contributed by atoms with Gasteiger partial charge in [-0.1, -0.05) is 12.1 Å². The molecule has 1 amide bonds. The largest absolute Gasteiger partial charge is 0.497 e. The molecule has 0 saturated carbocycles. The first-order valence-corrected chi connectivity index (χ1v) is 8.35. The summed E-state index contributed by atoms with van der Waals surface area (Å²) in [6.07, 6.45) is 5.67. The van der Waals surface area contributed by atoms with E-state index in [-0.39, 0.29) is 23.9 Å². The normalized spacial score (nSPS) is 20.9. The molecule has 7 nitrogen and oxygen atoms in total. The van der Waals surface area contributed by atoms with Crippen LogP contribution in [0.25, 0.3) is 0 Å². The molecule has 1 fully saturated rings. The van der Waals surface area contributed by atoms with Gasteiger partial charge in [0.25, 0.3) is 0 Å². The van der Waals surface area contributed by atoms with Crippen LogP contribution in [0.1, 0.15) is 24.2 Å². The van der Waals surface area contributed by atoms with E-state index in [9.17, 15) is 4.79 Å². The average molecular weight is 341 g/mol. The van der Waals surface area contributed by atoms with Crippen LogP contribution in [-0.2, 0) is 11.2 Å². The zero-order valence-electron chi connectivity index (χ0n) is 14.4. The van der Waals surface area contributed by atoms with Crippen LogP contribution in [-0.4, -0.2) is 35.6 Å². The van der Waals surface area contributed by atoms with Crippen LogP contribution in [0.4, 0.5) is 0 Å². The van der Waals surface area contributed by atoms with E-state index in [4.69, 9.17) is 4.74 Å². The topological polar surface area (TPSA) is 88.2 Å². The van der Waals surface area contributed by atoms with Crippen molar-refractivity contribution in [1.29, 1.82) is 0 Å². The highest BCUT2D eigenvalue weighted by molar-refractivity contribution is 5.80. The standard InChI is InChI=1S/C18H23N5O2/c1-12(8-14-10-19-6-7-20-14)22-18(24)16-11-21-23-17(16)13-4-3-5-15(9-13)25-2/h3-7,9-10,12,16-17,21,23H,8,11H2,1-2H3,(H,22,24). The minimum atomic E-state index is -0.198. The lowest BCUT2D eigenvalue weighted by Crippen LogP contribution is -2.41. The van der Waals surface area contributed by atoms with Gasteiger partial charge in [-0.2, -0.15) is 0 Å². The van der Waals surface area contributed by atoms with Gasteiger partial charge in [0.1, 0.15) is 5.75 Å². The predicted octanol–water partition coefficient (Wildman–Crippen LogP) is 0.998. The van der Waals surface area contributed by atoms with E-state index in [1.165, 1.54) is 0 Å². The van der Waals surface area contributed by atoms with E-state index in [0.717, 1.165) is 17.0 Å². The van der Waals surface area contributed by atoms with Gasteiger partial charge in [-0.25, -0.2) is 5.43 Å². The molecule has 1 aliphatic heterocycles. The van der Waals surface area contributed by atoms with Gasteiger partial charge in [0.2, 0.25) is 5.91 Å². The third-order valence-electron chi connectivity index (χ3n) is 4.29. The molecule has 1 saturated heterocycles. The molecule has 1 aromatic carbocycles. The Labute approximate surface area is 147 Å². The summed E-state index contributed by atoms with van der Waals surface area (Å²) in [5.41, 5.74) is 8.16. The second-order valence-electron chi connectivity index (χ2n) is 6.20. The molecule has 0 aliphatic carbocycles. The van der Waals surface area contributed by atoms with Crippen molar-refractivity contribution in [3.63, 3.8) is 0 Å². The summed E-state index contributed by atoms with van der Waals surface area (Å²) in [4.78, 5) is 21.0. The van der Waals surface area contributed by atoms with Gasteiger partial charge in [-0.15, -0.1) is 0 Å². The van der Waals surface area contributed by atoms with Gasteiger partial charge < -0.3 is 10.1 Å². The Balaban J connectivity index is 1.64. The van der Waals surface area contributed by atoms with E-state index in [1.807, 2.05) is 31.2 Å². The zero-order chi connectivity index (χ0) is 17.6. The van der Waals surface area contributed by atoms with Crippen molar-refractivity contribution < 1.29 is 9.53 Å². The first-order chi connectivity index (χ1) is 12.2. The first-order valence-electron chi connectivity index (χ1n) is 8.35. The minimum Gasteiger partial charge on any atom is -0.497 e. The van der Waals surface area contributed by atoms with Gasteiger partial charge in [0.05, 0.1) is 24.8 Å². The smallest absolute Gasteiger partial charge is 0.226 e. The Morgan fingerprint density at radius 3 is 3.08 bits per heavy atom. The molecule has 2 aromatic rings. The maximum absolute atomic E-state index is 12.7. The van der Waals surface area contributed by atoms with Crippen molar-refractivity contribution in [2.75, 3.05) is 13.7 Å². The number of aromatic nitrogens is 2. The van der Waals surface area contributed by atoms with Crippen LogP contribution in [0.3, 0.4) is 0 Å². The van der Waals surface area contributed by atoms with Crippen molar-refractivity contribution in [3.05, 3.63) is 54.1 Å². The SMILES string of the molecule is COc1cccc(C2NNCC2C(=O)NC(C)Cc2cnccn2)c1. The fourth-order valence-corrected chi connectivity index (χ4v) is 3.04. The number of hydrogen-bond acceptors (Lipinski definition) is 6. The Morgan fingerprint density at radius 1 is 1.44 bits per heavy atom. The summed E-state index contributed by atoms with van der Waals surface area (Å²) in [6.45, 7) is 2.55. The highest BCUT2D eigenvalue weighted by Gasteiger charge is 2.34. The fraction of sp³-hybridized carbons (Fsp3) is 0.389. The molecule has 0 spiro atoms. The molecule has 1 aromatic heterocycles. The van der Waals surface area contributed by atoms with Crippen molar-refractivity contribution in [3.8, 4) is 5.75 Å². The molecule has 132 valence electrons. The molecule has 3 rings (SSSR count). The molecule has 1 aliphatic rings. The summed E-state index contributed by atoms with van der Waals surface area (Å²) in [7, 11) is 1.64. The number of hydrazine groups is 1. The van der Waals surface area contributed by atoms with Gasteiger partial charge in [0.15, 0.2) is 0 Å². The maximum Gasteiger partial charge on any atom is 0.226 e. The third kappa shape index (κ3) is 4.32. The molecule has 3 unspecified atom stereocenters. The molecule has 7 heteroatoms. The van der Waals surface area contributed by atoms with Crippen LogP contribution >= 0.6 is 0 Å². The van der Waals surface area contributed by atoms with E-state index < -0.39 is 0 Å². The van der Waals surface area contributed by atoms with Crippen molar-refractivity contribution in [2.45, 2.75) is 25.4 Å². The number of carbonyl (C=O) groups excluding carboxylic acids is 1. The highest BCUT2D eigenvalue weighted by atomic mass is 16.5. The number of amides is 1. The highest BCUT2D eigenvalue weighted by Crippen LogP contribution is 2.27. The number of nitrogens with zero attached hydrogens (tertiary/aromatic N) is 2. The number of ether oxygens (including phenoxy) is 1. The number of benzene rings is 1. The van der Waals surface area contributed by atoms with Gasteiger partial charge >= 0.3 is 0 Å². The van der Waals surface area contributed by atoms with Crippen molar-refractivity contribution in [1.82, 2.24) is 26.1 Å². The van der Waals surface area contributed by atoms with Crippen molar-refractivity contribution in [2.24, 2.45) is 5.92 Å². The van der Waals surface area contributed by atoms with Crippen LogP contribution in [0.2, 0.25) is 0 Å². The molecule has 3 atom stereocenters. The number of carbonyl (C=O) groups is 1. The van der Waals surface area contributed by atoms with Gasteiger partial charge in [0, 0.05) is 37.6 Å². The van der Waals surface area contributed by atoms with Crippen LogP contribution in [0.15, 0.2) is 42.9 Å². The number of methoxy groups -OCH3 is 1. The van der Waals surface area contributed by atoms with Gasteiger partial charge in [-0.3, -0.25) is 20.2 Å². The maximum atomic E-state index is 12.7. The summed E-state index contributed by atoms with van der Waals surface area (Å²) in [5, 5.41) is 3.08. The monoisotopic (exact) mass is 341 g/mol. The van der Waals surface area contributed by atoms with Crippen LogP contribution < -0.4 is 20.9 Å². The van der Waals surface area contributed by atoms with Crippen LogP contribution in [0.5, 0.6) is 5.75 Å². The fourth-order valence-electron chi connectivity index (χ4n) is 3.04. The molecule has 2 heterocycles. The quantitative estimate of drug-likeness (QED) is 0.726. The molecule has 25 heavy (non-hydrogen) atoms. The number of hydrogen-bond donors (Lipinski definition) is 3.